The molecule has 3 heteroatoms. The van der Waals surface area contributed by atoms with Gasteiger partial charge in [0.25, 0.3) is 0 Å². The number of nitrogens with zero attached hydrogens (tertiary/aromatic N) is 1. The number of fused-ring (bicyclic) bond motifs is 7. The molecule has 0 aliphatic heterocycles. The van der Waals surface area contributed by atoms with E-state index in [0.29, 0.717) is 0 Å². The van der Waals surface area contributed by atoms with Crippen LogP contribution in [0.15, 0.2) is 209 Å². The molecule has 0 fully saturated rings. The van der Waals surface area contributed by atoms with Crippen LogP contribution in [0, 0.1) is 0 Å². The largest absolute Gasteiger partial charge is 0.456 e. The van der Waals surface area contributed by atoms with Crippen molar-refractivity contribution in [3.8, 4) is 33.4 Å². The van der Waals surface area contributed by atoms with Gasteiger partial charge in [-0.3, -0.25) is 0 Å². The molecule has 11 rings (SSSR count). The lowest BCUT2D eigenvalue weighted by Crippen LogP contribution is -2.11. The molecule has 0 aliphatic carbocycles. The van der Waals surface area contributed by atoms with E-state index in [4.69, 9.17) is 8.83 Å². The Morgan fingerprint density at radius 3 is 1.71 bits per heavy atom. The first-order chi connectivity index (χ1) is 27.2. The van der Waals surface area contributed by atoms with Gasteiger partial charge in [-0.25, -0.2) is 0 Å². The van der Waals surface area contributed by atoms with Crippen LogP contribution in [0.25, 0.3) is 88.0 Å². The highest BCUT2D eigenvalue weighted by molar-refractivity contribution is 6.08. The van der Waals surface area contributed by atoms with Crippen LogP contribution >= 0.6 is 0 Å². The third kappa shape index (κ3) is 5.36. The van der Waals surface area contributed by atoms with Gasteiger partial charge >= 0.3 is 0 Å². The van der Waals surface area contributed by atoms with Crippen LogP contribution in [0.3, 0.4) is 0 Å². The van der Waals surface area contributed by atoms with Gasteiger partial charge in [-0.15, -0.1) is 0 Å². The third-order valence-electron chi connectivity index (χ3n) is 10.8. The summed E-state index contributed by atoms with van der Waals surface area (Å²) in [6, 6.07) is 71.2. The molecule has 0 N–H and O–H groups in total. The first kappa shape index (κ1) is 31.2. The minimum Gasteiger partial charge on any atom is -0.456 e. The summed E-state index contributed by atoms with van der Waals surface area (Å²) in [5.74, 6) is 0. The number of hydrogen-bond donors (Lipinski definition) is 0. The van der Waals surface area contributed by atoms with E-state index >= 15 is 0 Å². The monoisotopic (exact) mass is 703 g/mol. The fraction of sp³-hybridized carbons (Fsp3) is 0. The highest BCUT2D eigenvalue weighted by Crippen LogP contribution is 2.44. The summed E-state index contributed by atoms with van der Waals surface area (Å²) >= 11 is 0. The van der Waals surface area contributed by atoms with Gasteiger partial charge in [0.1, 0.15) is 22.3 Å². The van der Waals surface area contributed by atoms with Crippen molar-refractivity contribution in [1.29, 1.82) is 0 Å². The average molecular weight is 704 g/mol. The van der Waals surface area contributed by atoms with E-state index in [1.807, 2.05) is 24.3 Å². The van der Waals surface area contributed by atoms with E-state index in [2.05, 4.69) is 181 Å². The zero-order valence-electron chi connectivity index (χ0n) is 29.8. The number of anilines is 3. The van der Waals surface area contributed by atoms with Gasteiger partial charge < -0.3 is 13.7 Å². The maximum atomic E-state index is 6.45. The Morgan fingerprint density at radius 2 is 0.873 bits per heavy atom. The summed E-state index contributed by atoms with van der Waals surface area (Å²) in [6.07, 6.45) is 0. The molecule has 0 saturated carbocycles. The van der Waals surface area contributed by atoms with E-state index in [0.717, 1.165) is 83.2 Å². The Hall–Kier alpha value is -7.36. The number of rotatable bonds is 6. The van der Waals surface area contributed by atoms with Crippen molar-refractivity contribution in [1.82, 2.24) is 0 Å². The summed E-state index contributed by atoms with van der Waals surface area (Å²) in [5.41, 5.74) is 13.5. The lowest BCUT2D eigenvalue weighted by molar-refractivity contribution is 0.668. The van der Waals surface area contributed by atoms with Crippen LogP contribution in [-0.2, 0) is 0 Å². The van der Waals surface area contributed by atoms with E-state index < -0.39 is 0 Å². The molecule has 9 aromatic carbocycles. The smallest absolute Gasteiger partial charge is 0.137 e. The minimum atomic E-state index is 0.853. The summed E-state index contributed by atoms with van der Waals surface area (Å²) in [5, 5.41) is 6.92. The number of furan rings is 2. The molecule has 3 nitrogen and oxygen atoms in total. The van der Waals surface area contributed by atoms with Crippen LogP contribution in [-0.4, -0.2) is 0 Å². The Kier molecular flexibility index (Phi) is 7.17. The molecule has 0 amide bonds. The summed E-state index contributed by atoms with van der Waals surface area (Å²) in [7, 11) is 0. The van der Waals surface area contributed by atoms with Crippen LogP contribution in [0.4, 0.5) is 17.1 Å². The fourth-order valence-corrected chi connectivity index (χ4v) is 8.16. The van der Waals surface area contributed by atoms with E-state index in [-0.39, 0.29) is 0 Å². The Bertz CT molecular complexity index is 3240. The van der Waals surface area contributed by atoms with Crippen LogP contribution in [0.1, 0.15) is 0 Å². The highest BCUT2D eigenvalue weighted by atomic mass is 16.3. The molecule has 0 spiro atoms. The zero-order chi connectivity index (χ0) is 36.3. The molecule has 0 saturated heterocycles. The maximum absolute atomic E-state index is 6.45. The number of benzene rings is 9. The molecular weight excluding hydrogens is 671 g/mol. The molecule has 0 bridgehead atoms. The van der Waals surface area contributed by atoms with Crippen molar-refractivity contribution in [2.45, 2.75) is 0 Å². The molecule has 0 aliphatic rings. The number of hydrogen-bond acceptors (Lipinski definition) is 3. The predicted octanol–water partition coefficient (Wildman–Crippen LogP) is 15.1. The van der Waals surface area contributed by atoms with Crippen molar-refractivity contribution < 1.29 is 8.83 Å². The standard InChI is InChI=1S/C52H33NO2/c1-2-12-35-29-39(24-23-34(35)11-1)37-14-9-13-36(30-37)38-15-10-16-41(31-38)53(42-26-27-46-44-18-4-7-21-49(44)55-52(46)33-42)48-20-6-3-17-43(48)40-25-28-51-47(32-40)45-19-5-8-22-50(45)54-51/h1-33H. The SMILES string of the molecule is c1cc(-c2cccc(N(c3ccc4c(c3)oc3ccccc34)c3ccccc3-c3ccc4oc5ccccc5c4c3)c2)cc(-c2ccc3ccccc3c2)c1. The molecule has 0 unspecified atom stereocenters. The Labute approximate surface area is 317 Å². The summed E-state index contributed by atoms with van der Waals surface area (Å²) in [4.78, 5) is 2.36. The van der Waals surface area contributed by atoms with E-state index in [9.17, 15) is 0 Å². The van der Waals surface area contributed by atoms with Gasteiger partial charge in [-0.05, 0) is 105 Å². The highest BCUT2D eigenvalue weighted by Gasteiger charge is 2.20. The molecule has 55 heavy (non-hydrogen) atoms. The quantitative estimate of drug-likeness (QED) is 0.173. The van der Waals surface area contributed by atoms with E-state index in [1.54, 1.807) is 0 Å². The Morgan fingerprint density at radius 1 is 0.291 bits per heavy atom. The van der Waals surface area contributed by atoms with Crippen LogP contribution in [0.2, 0.25) is 0 Å². The van der Waals surface area contributed by atoms with Crippen LogP contribution in [0.5, 0.6) is 0 Å². The van der Waals surface area contributed by atoms with Crippen molar-refractivity contribution in [2.75, 3.05) is 4.90 Å². The average Bonchev–Trinajstić information content (AvgIpc) is 3.82. The molecule has 0 atom stereocenters. The minimum absolute atomic E-state index is 0.853. The predicted molar refractivity (Wildman–Crippen MR) is 229 cm³/mol. The second kappa shape index (κ2) is 12.6. The molecule has 2 heterocycles. The Balaban J connectivity index is 1.08. The molecule has 11 aromatic rings. The molecule has 2 aromatic heterocycles. The number of para-hydroxylation sites is 3. The first-order valence-corrected chi connectivity index (χ1v) is 18.7. The van der Waals surface area contributed by atoms with Crippen molar-refractivity contribution in [3.63, 3.8) is 0 Å². The summed E-state index contributed by atoms with van der Waals surface area (Å²) in [6.45, 7) is 0. The van der Waals surface area contributed by atoms with Gasteiger partial charge in [0.05, 0.1) is 5.69 Å². The fourth-order valence-electron chi connectivity index (χ4n) is 8.16. The third-order valence-corrected chi connectivity index (χ3v) is 10.8. The maximum Gasteiger partial charge on any atom is 0.137 e. The van der Waals surface area contributed by atoms with Crippen molar-refractivity contribution in [2.24, 2.45) is 0 Å². The van der Waals surface area contributed by atoms with Crippen molar-refractivity contribution >= 4 is 71.7 Å². The lowest BCUT2D eigenvalue weighted by atomic mass is 9.96. The molecule has 258 valence electrons. The topological polar surface area (TPSA) is 29.5 Å². The van der Waals surface area contributed by atoms with Gasteiger partial charge in [0.15, 0.2) is 0 Å². The van der Waals surface area contributed by atoms with Gasteiger partial charge in [-0.1, -0.05) is 127 Å². The lowest BCUT2D eigenvalue weighted by Gasteiger charge is -2.28. The van der Waals surface area contributed by atoms with Crippen LogP contribution < -0.4 is 4.90 Å². The van der Waals surface area contributed by atoms with Crippen molar-refractivity contribution in [3.05, 3.63) is 200 Å². The molecule has 0 radical (unpaired) electrons. The zero-order valence-corrected chi connectivity index (χ0v) is 29.8. The summed E-state index contributed by atoms with van der Waals surface area (Å²) < 4.78 is 12.7. The van der Waals surface area contributed by atoms with Gasteiger partial charge in [0, 0.05) is 44.5 Å². The normalized spacial score (nSPS) is 11.6. The van der Waals surface area contributed by atoms with Gasteiger partial charge in [0.2, 0.25) is 0 Å². The van der Waals surface area contributed by atoms with E-state index in [1.165, 1.54) is 21.9 Å². The second-order valence-electron chi connectivity index (χ2n) is 14.1. The second-order valence-corrected chi connectivity index (χ2v) is 14.1. The van der Waals surface area contributed by atoms with Gasteiger partial charge in [-0.2, -0.15) is 0 Å². The molecular formula is C52H33NO2. The first-order valence-electron chi connectivity index (χ1n) is 18.7.